The Morgan fingerprint density at radius 1 is 1.36 bits per heavy atom. The van der Waals surface area contributed by atoms with Crippen molar-refractivity contribution in [2.45, 2.75) is 38.0 Å². The third-order valence-corrected chi connectivity index (χ3v) is 4.17. The molecule has 1 aliphatic rings. The van der Waals surface area contributed by atoms with E-state index in [9.17, 15) is 27.6 Å². The predicted molar refractivity (Wildman–Crippen MR) is 81.2 cm³/mol. The summed E-state index contributed by atoms with van der Waals surface area (Å²) in [4.78, 5) is 37.9. The number of hydrogen-bond donors (Lipinski definition) is 3. The molecule has 138 valence electrons. The Kier molecular flexibility index (Phi) is 5.51. The van der Waals surface area contributed by atoms with Gasteiger partial charge in [-0.1, -0.05) is 6.92 Å². The van der Waals surface area contributed by atoms with Crippen LogP contribution in [-0.2, 0) is 11.0 Å². The van der Waals surface area contributed by atoms with Crippen molar-refractivity contribution >= 4 is 11.9 Å². The van der Waals surface area contributed by atoms with Crippen LogP contribution in [0.3, 0.4) is 0 Å². The number of alkyl halides is 3. The fourth-order valence-corrected chi connectivity index (χ4v) is 2.76. The molecule has 2 rings (SSSR count). The molecular formula is C15H18F3N3O4. The summed E-state index contributed by atoms with van der Waals surface area (Å²) in [6, 6.07) is 1.25. The number of carbonyl (C=O) groups is 2. The van der Waals surface area contributed by atoms with Crippen LogP contribution in [0.2, 0.25) is 0 Å². The molecule has 0 aromatic carbocycles. The van der Waals surface area contributed by atoms with Gasteiger partial charge in [0.2, 0.25) is 0 Å². The second-order valence-corrected chi connectivity index (χ2v) is 5.87. The molecule has 3 N–H and O–H groups in total. The molecule has 7 nitrogen and oxygen atoms in total. The summed E-state index contributed by atoms with van der Waals surface area (Å²) in [5, 5.41) is 11.4. The standard InChI is InChI=1S/C15H18F3N3O4/c1-2-21(7-12(22)23)9-5-8(6-9)19-13(24)10-3-4-11(15(16,17)18)20-14(10)25/h3-4,8-9H,2,5-7H2,1H3,(H,19,24)(H,20,25)(H,22,23). The van der Waals surface area contributed by atoms with E-state index in [1.54, 1.807) is 9.88 Å². The van der Waals surface area contributed by atoms with E-state index < -0.39 is 34.9 Å². The third kappa shape index (κ3) is 4.59. The van der Waals surface area contributed by atoms with Crippen molar-refractivity contribution < 1.29 is 27.9 Å². The Morgan fingerprint density at radius 2 is 2.00 bits per heavy atom. The van der Waals surface area contributed by atoms with Gasteiger partial charge in [-0.25, -0.2) is 0 Å². The Bertz CT molecular complexity index is 711. The van der Waals surface area contributed by atoms with Crippen LogP contribution < -0.4 is 10.9 Å². The second kappa shape index (κ2) is 7.26. The molecule has 1 aromatic rings. The summed E-state index contributed by atoms with van der Waals surface area (Å²) < 4.78 is 37.5. The molecule has 0 saturated heterocycles. The first-order valence-electron chi connectivity index (χ1n) is 7.69. The number of nitrogens with one attached hydrogen (secondary N) is 2. The maximum Gasteiger partial charge on any atom is 0.431 e. The lowest BCUT2D eigenvalue weighted by molar-refractivity contribution is -0.141. The molecule has 0 aliphatic heterocycles. The number of carboxylic acid groups (broad SMARTS) is 1. The highest BCUT2D eigenvalue weighted by Crippen LogP contribution is 2.27. The van der Waals surface area contributed by atoms with Crippen molar-refractivity contribution in [3.8, 4) is 0 Å². The minimum atomic E-state index is -4.69. The van der Waals surface area contributed by atoms with Gasteiger partial charge in [0.1, 0.15) is 11.3 Å². The number of aliphatic carboxylic acids is 1. The SMILES string of the molecule is CCN(CC(=O)O)C1CC(NC(=O)c2ccc(C(F)(F)F)[nH]c2=O)C1. The maximum atomic E-state index is 12.5. The minimum Gasteiger partial charge on any atom is -0.480 e. The average molecular weight is 361 g/mol. The Balaban J connectivity index is 1.94. The van der Waals surface area contributed by atoms with Gasteiger partial charge in [-0.15, -0.1) is 0 Å². The summed E-state index contributed by atoms with van der Waals surface area (Å²) in [5.74, 6) is -1.69. The van der Waals surface area contributed by atoms with Crippen molar-refractivity contribution in [3.63, 3.8) is 0 Å². The van der Waals surface area contributed by atoms with E-state index >= 15 is 0 Å². The van der Waals surface area contributed by atoms with Gasteiger partial charge in [-0.3, -0.25) is 19.3 Å². The first-order chi connectivity index (χ1) is 11.6. The lowest BCUT2D eigenvalue weighted by Crippen LogP contribution is -2.55. The van der Waals surface area contributed by atoms with Crippen molar-refractivity contribution in [1.82, 2.24) is 15.2 Å². The molecule has 1 heterocycles. The van der Waals surface area contributed by atoms with E-state index in [-0.39, 0.29) is 18.6 Å². The van der Waals surface area contributed by atoms with Crippen LogP contribution in [-0.4, -0.2) is 52.0 Å². The fraction of sp³-hybridized carbons (Fsp3) is 0.533. The number of halogens is 3. The fourth-order valence-electron chi connectivity index (χ4n) is 2.76. The molecule has 1 aliphatic carbocycles. The molecule has 1 fully saturated rings. The van der Waals surface area contributed by atoms with Crippen molar-refractivity contribution in [1.29, 1.82) is 0 Å². The number of hydrogen-bond acceptors (Lipinski definition) is 4. The summed E-state index contributed by atoms with van der Waals surface area (Å²) in [6.45, 7) is 2.28. The number of amides is 1. The highest BCUT2D eigenvalue weighted by atomic mass is 19.4. The predicted octanol–water partition coefficient (Wildman–Crippen LogP) is 1.06. The molecule has 10 heteroatoms. The highest BCUT2D eigenvalue weighted by molar-refractivity contribution is 5.94. The monoisotopic (exact) mass is 361 g/mol. The van der Waals surface area contributed by atoms with E-state index in [2.05, 4.69) is 5.32 Å². The molecule has 25 heavy (non-hydrogen) atoms. The zero-order chi connectivity index (χ0) is 18.8. The first-order valence-corrected chi connectivity index (χ1v) is 7.69. The van der Waals surface area contributed by atoms with Gasteiger partial charge in [0.15, 0.2) is 0 Å². The lowest BCUT2D eigenvalue weighted by atomic mass is 9.85. The van der Waals surface area contributed by atoms with E-state index in [1.165, 1.54) is 0 Å². The topological polar surface area (TPSA) is 102 Å². The lowest BCUT2D eigenvalue weighted by Gasteiger charge is -2.42. The maximum absolute atomic E-state index is 12.5. The summed E-state index contributed by atoms with van der Waals surface area (Å²) in [6.07, 6.45) is -3.65. The Morgan fingerprint density at radius 3 is 2.48 bits per heavy atom. The molecule has 1 aromatic heterocycles. The number of likely N-dealkylation sites (N-methyl/N-ethyl adjacent to an activating group) is 1. The zero-order valence-electron chi connectivity index (χ0n) is 13.4. The van der Waals surface area contributed by atoms with Crippen LogP contribution in [0.5, 0.6) is 0 Å². The summed E-state index contributed by atoms with van der Waals surface area (Å²) in [5.41, 5.74) is -2.72. The molecule has 0 spiro atoms. The molecule has 0 unspecified atom stereocenters. The zero-order valence-corrected chi connectivity index (χ0v) is 13.4. The van der Waals surface area contributed by atoms with Crippen molar-refractivity contribution in [2.75, 3.05) is 13.1 Å². The van der Waals surface area contributed by atoms with E-state index in [4.69, 9.17) is 5.11 Å². The van der Waals surface area contributed by atoms with Crippen molar-refractivity contribution in [2.24, 2.45) is 0 Å². The normalized spacial score (nSPS) is 20.2. The summed E-state index contributed by atoms with van der Waals surface area (Å²) >= 11 is 0. The van der Waals surface area contributed by atoms with Gasteiger partial charge in [-0.05, 0) is 31.5 Å². The summed E-state index contributed by atoms with van der Waals surface area (Å²) in [7, 11) is 0. The van der Waals surface area contributed by atoms with Crippen LogP contribution in [0.1, 0.15) is 35.8 Å². The van der Waals surface area contributed by atoms with E-state index in [0.717, 1.165) is 6.07 Å². The first kappa shape index (κ1) is 19.0. The van der Waals surface area contributed by atoms with Crippen molar-refractivity contribution in [3.05, 3.63) is 33.7 Å². The Labute approximate surface area is 140 Å². The van der Waals surface area contributed by atoms with Gasteiger partial charge < -0.3 is 15.4 Å². The molecule has 0 bridgehead atoms. The number of carbonyl (C=O) groups excluding carboxylic acids is 1. The minimum absolute atomic E-state index is 0.0114. The van der Waals surface area contributed by atoms with Crippen LogP contribution in [0.25, 0.3) is 0 Å². The number of aromatic nitrogens is 1. The van der Waals surface area contributed by atoms with E-state index in [0.29, 0.717) is 25.5 Å². The second-order valence-electron chi connectivity index (χ2n) is 5.87. The van der Waals surface area contributed by atoms with Gasteiger partial charge in [-0.2, -0.15) is 13.2 Å². The molecule has 1 amide bonds. The van der Waals surface area contributed by atoms with Gasteiger partial charge in [0.05, 0.1) is 6.54 Å². The smallest absolute Gasteiger partial charge is 0.431 e. The largest absolute Gasteiger partial charge is 0.480 e. The van der Waals surface area contributed by atoms with Crippen LogP contribution in [0.15, 0.2) is 16.9 Å². The number of aromatic amines is 1. The quantitative estimate of drug-likeness (QED) is 0.703. The van der Waals surface area contributed by atoms with E-state index in [1.807, 2.05) is 6.92 Å². The Hall–Kier alpha value is -2.36. The van der Waals surface area contributed by atoms with Crippen LogP contribution in [0.4, 0.5) is 13.2 Å². The number of H-pyrrole nitrogens is 1. The van der Waals surface area contributed by atoms with Gasteiger partial charge in [0, 0.05) is 12.1 Å². The number of pyridine rings is 1. The number of rotatable bonds is 6. The number of carboxylic acids is 1. The molecule has 1 saturated carbocycles. The van der Waals surface area contributed by atoms with Gasteiger partial charge >= 0.3 is 12.1 Å². The number of nitrogens with zero attached hydrogens (tertiary/aromatic N) is 1. The van der Waals surface area contributed by atoms with Gasteiger partial charge in [0.25, 0.3) is 11.5 Å². The van der Waals surface area contributed by atoms with Crippen LogP contribution in [0, 0.1) is 0 Å². The third-order valence-electron chi connectivity index (χ3n) is 4.17. The molecule has 0 atom stereocenters. The molecule has 0 radical (unpaired) electrons. The molecular weight excluding hydrogens is 343 g/mol. The highest BCUT2D eigenvalue weighted by Gasteiger charge is 2.36. The average Bonchev–Trinajstić information content (AvgIpc) is 2.47. The van der Waals surface area contributed by atoms with Crippen LogP contribution >= 0.6 is 0 Å².